The highest BCUT2D eigenvalue weighted by Gasteiger charge is 2.08. The SMILES string of the molecule is CCN(CC)C(=O)CCNC(=S)NCC(C)C. The van der Waals surface area contributed by atoms with Gasteiger partial charge in [0.25, 0.3) is 0 Å². The van der Waals surface area contributed by atoms with Gasteiger partial charge >= 0.3 is 0 Å². The second-order valence-electron chi connectivity index (χ2n) is 4.35. The third-order valence-corrected chi connectivity index (χ3v) is 2.70. The van der Waals surface area contributed by atoms with Crippen LogP contribution in [0.3, 0.4) is 0 Å². The van der Waals surface area contributed by atoms with Crippen LogP contribution < -0.4 is 10.6 Å². The van der Waals surface area contributed by atoms with Crippen molar-refractivity contribution >= 4 is 23.2 Å². The van der Waals surface area contributed by atoms with Gasteiger partial charge in [0.05, 0.1) is 0 Å². The van der Waals surface area contributed by atoms with E-state index in [0.717, 1.165) is 19.6 Å². The number of carbonyl (C=O) groups excluding carboxylic acids is 1. The van der Waals surface area contributed by atoms with E-state index in [2.05, 4.69) is 24.5 Å². The zero-order valence-corrected chi connectivity index (χ0v) is 12.2. The van der Waals surface area contributed by atoms with Crippen LogP contribution in [0.4, 0.5) is 0 Å². The number of rotatable bonds is 7. The average Bonchev–Trinajstić information content (AvgIpc) is 2.28. The molecule has 0 fully saturated rings. The molecule has 0 aliphatic rings. The molecule has 0 aromatic rings. The van der Waals surface area contributed by atoms with Crippen molar-refractivity contribution in [3.8, 4) is 0 Å². The van der Waals surface area contributed by atoms with Gasteiger partial charge in [-0.15, -0.1) is 0 Å². The molecule has 0 unspecified atom stereocenters. The van der Waals surface area contributed by atoms with Gasteiger partial charge in [0.1, 0.15) is 0 Å². The highest BCUT2D eigenvalue weighted by molar-refractivity contribution is 7.80. The van der Waals surface area contributed by atoms with Crippen molar-refractivity contribution in [1.82, 2.24) is 15.5 Å². The van der Waals surface area contributed by atoms with E-state index < -0.39 is 0 Å². The maximum Gasteiger partial charge on any atom is 0.224 e. The van der Waals surface area contributed by atoms with Gasteiger partial charge in [-0.1, -0.05) is 13.8 Å². The Morgan fingerprint density at radius 2 is 1.82 bits per heavy atom. The Morgan fingerprint density at radius 1 is 1.24 bits per heavy atom. The molecule has 0 aromatic heterocycles. The van der Waals surface area contributed by atoms with Gasteiger partial charge in [-0.2, -0.15) is 0 Å². The summed E-state index contributed by atoms with van der Waals surface area (Å²) in [5.74, 6) is 0.737. The molecular weight excluding hydrogens is 234 g/mol. The minimum Gasteiger partial charge on any atom is -0.362 e. The molecule has 0 rings (SSSR count). The first-order valence-corrected chi connectivity index (χ1v) is 6.71. The van der Waals surface area contributed by atoms with Gasteiger partial charge < -0.3 is 15.5 Å². The summed E-state index contributed by atoms with van der Waals surface area (Å²) in [5, 5.41) is 6.78. The van der Waals surface area contributed by atoms with Crippen molar-refractivity contribution in [3.63, 3.8) is 0 Å². The molecule has 0 atom stereocenters. The molecule has 2 N–H and O–H groups in total. The molecule has 0 radical (unpaired) electrons. The molecule has 0 aromatic carbocycles. The van der Waals surface area contributed by atoms with Crippen molar-refractivity contribution in [1.29, 1.82) is 0 Å². The lowest BCUT2D eigenvalue weighted by atomic mass is 10.2. The van der Waals surface area contributed by atoms with Gasteiger partial charge in [-0.3, -0.25) is 4.79 Å². The van der Waals surface area contributed by atoms with Crippen LogP contribution in [-0.4, -0.2) is 42.1 Å². The van der Waals surface area contributed by atoms with E-state index in [4.69, 9.17) is 12.2 Å². The molecular formula is C12H25N3OS. The Morgan fingerprint density at radius 3 is 2.29 bits per heavy atom. The summed E-state index contributed by atoms with van der Waals surface area (Å²) in [7, 11) is 0. The van der Waals surface area contributed by atoms with E-state index in [1.807, 2.05) is 18.7 Å². The van der Waals surface area contributed by atoms with Crippen molar-refractivity contribution in [2.24, 2.45) is 5.92 Å². The number of nitrogens with one attached hydrogen (secondary N) is 2. The highest BCUT2D eigenvalue weighted by atomic mass is 32.1. The summed E-state index contributed by atoms with van der Waals surface area (Å²) in [6.07, 6.45) is 0.491. The molecule has 0 aliphatic carbocycles. The summed E-state index contributed by atoms with van der Waals surface area (Å²) in [6, 6.07) is 0. The van der Waals surface area contributed by atoms with E-state index in [9.17, 15) is 4.79 Å². The van der Waals surface area contributed by atoms with Crippen LogP contribution >= 0.6 is 12.2 Å². The number of thiocarbonyl (C=S) groups is 1. The van der Waals surface area contributed by atoms with Crippen molar-refractivity contribution < 1.29 is 4.79 Å². The molecule has 4 nitrogen and oxygen atoms in total. The van der Waals surface area contributed by atoms with E-state index in [-0.39, 0.29) is 5.91 Å². The fourth-order valence-electron chi connectivity index (χ4n) is 1.38. The fourth-order valence-corrected chi connectivity index (χ4v) is 1.56. The van der Waals surface area contributed by atoms with E-state index in [0.29, 0.717) is 24.0 Å². The zero-order chi connectivity index (χ0) is 13.3. The first-order chi connectivity index (χ1) is 8.01. The number of amides is 1. The van der Waals surface area contributed by atoms with Crippen molar-refractivity contribution in [3.05, 3.63) is 0 Å². The number of nitrogens with zero attached hydrogens (tertiary/aromatic N) is 1. The fraction of sp³-hybridized carbons (Fsp3) is 0.833. The normalized spacial score (nSPS) is 10.2. The standard InChI is InChI=1S/C12H25N3OS/c1-5-15(6-2)11(16)7-8-13-12(17)14-9-10(3)4/h10H,5-9H2,1-4H3,(H2,13,14,17). The highest BCUT2D eigenvalue weighted by Crippen LogP contribution is 1.92. The minimum atomic E-state index is 0.175. The van der Waals surface area contributed by atoms with Crippen LogP contribution in [-0.2, 0) is 4.79 Å². The molecule has 0 saturated heterocycles. The molecule has 0 saturated carbocycles. The quantitative estimate of drug-likeness (QED) is 0.678. The van der Waals surface area contributed by atoms with Gasteiger partial charge in [0.15, 0.2) is 5.11 Å². The molecule has 1 amide bonds. The Balaban J connectivity index is 3.69. The summed E-state index contributed by atoms with van der Waals surface area (Å²) in [5.41, 5.74) is 0. The average molecular weight is 259 g/mol. The first-order valence-electron chi connectivity index (χ1n) is 6.30. The minimum absolute atomic E-state index is 0.175. The van der Waals surface area contributed by atoms with Crippen LogP contribution in [0.1, 0.15) is 34.1 Å². The number of hydrogen-bond acceptors (Lipinski definition) is 2. The Labute approximate surface area is 110 Å². The van der Waals surface area contributed by atoms with Crippen LogP contribution in [0.2, 0.25) is 0 Å². The van der Waals surface area contributed by atoms with Gasteiger partial charge in [-0.05, 0) is 32.0 Å². The maximum atomic E-state index is 11.7. The van der Waals surface area contributed by atoms with Crippen LogP contribution in [0.15, 0.2) is 0 Å². The lowest BCUT2D eigenvalue weighted by molar-refractivity contribution is -0.130. The Bertz CT molecular complexity index is 240. The lowest BCUT2D eigenvalue weighted by Crippen LogP contribution is -2.39. The second kappa shape index (κ2) is 9.22. The molecule has 0 aliphatic heterocycles. The third kappa shape index (κ3) is 7.96. The molecule has 5 heteroatoms. The molecule has 0 heterocycles. The summed E-state index contributed by atoms with van der Waals surface area (Å²) in [6.45, 7) is 11.2. The largest absolute Gasteiger partial charge is 0.362 e. The summed E-state index contributed by atoms with van der Waals surface area (Å²) < 4.78 is 0. The maximum absolute atomic E-state index is 11.7. The monoisotopic (exact) mass is 259 g/mol. The molecule has 100 valence electrons. The zero-order valence-electron chi connectivity index (χ0n) is 11.4. The third-order valence-electron chi connectivity index (χ3n) is 2.41. The van der Waals surface area contributed by atoms with Gasteiger partial charge in [-0.25, -0.2) is 0 Å². The summed E-state index contributed by atoms with van der Waals surface area (Å²) >= 11 is 5.10. The number of carbonyl (C=O) groups is 1. The Hall–Kier alpha value is -0.840. The van der Waals surface area contributed by atoms with Crippen LogP contribution in [0, 0.1) is 5.92 Å². The van der Waals surface area contributed by atoms with Crippen LogP contribution in [0.5, 0.6) is 0 Å². The number of hydrogen-bond donors (Lipinski definition) is 2. The summed E-state index contributed by atoms with van der Waals surface area (Å²) in [4.78, 5) is 13.5. The van der Waals surface area contributed by atoms with E-state index in [1.165, 1.54) is 0 Å². The first kappa shape index (κ1) is 16.2. The molecule has 0 bridgehead atoms. The van der Waals surface area contributed by atoms with Crippen molar-refractivity contribution in [2.45, 2.75) is 34.1 Å². The van der Waals surface area contributed by atoms with Crippen molar-refractivity contribution in [2.75, 3.05) is 26.2 Å². The van der Waals surface area contributed by atoms with E-state index >= 15 is 0 Å². The van der Waals surface area contributed by atoms with Gasteiger partial charge in [0, 0.05) is 32.6 Å². The molecule has 17 heavy (non-hydrogen) atoms. The Kier molecular flexibility index (Phi) is 8.76. The van der Waals surface area contributed by atoms with Crippen LogP contribution in [0.25, 0.3) is 0 Å². The predicted octanol–water partition coefficient (Wildman–Crippen LogP) is 1.36. The van der Waals surface area contributed by atoms with Gasteiger partial charge in [0.2, 0.25) is 5.91 Å². The topological polar surface area (TPSA) is 44.4 Å². The molecule has 0 spiro atoms. The predicted molar refractivity (Wildman–Crippen MR) is 76.0 cm³/mol. The smallest absolute Gasteiger partial charge is 0.224 e. The second-order valence-corrected chi connectivity index (χ2v) is 4.75. The lowest BCUT2D eigenvalue weighted by Gasteiger charge is -2.19. The van der Waals surface area contributed by atoms with E-state index in [1.54, 1.807) is 0 Å².